The maximum atomic E-state index is 5.60. The van der Waals surface area contributed by atoms with E-state index in [4.69, 9.17) is 5.73 Å². The van der Waals surface area contributed by atoms with E-state index in [-0.39, 0.29) is 0 Å². The van der Waals surface area contributed by atoms with Crippen molar-refractivity contribution in [3.63, 3.8) is 0 Å². The molecule has 3 aromatic rings. The summed E-state index contributed by atoms with van der Waals surface area (Å²) in [5.74, 6) is 0.726. The summed E-state index contributed by atoms with van der Waals surface area (Å²) in [5, 5.41) is 2.41. The summed E-state index contributed by atoms with van der Waals surface area (Å²) in [4.78, 5) is 8.73. The number of fused-ring (bicyclic) bond motifs is 1. The molecule has 0 aliphatic heterocycles. The minimum absolute atomic E-state index is 0.434. The van der Waals surface area contributed by atoms with Crippen LogP contribution in [0.25, 0.3) is 22.2 Å². The van der Waals surface area contributed by atoms with Crippen molar-refractivity contribution in [3.05, 3.63) is 60.4 Å². The zero-order valence-electron chi connectivity index (χ0n) is 9.88. The van der Waals surface area contributed by atoms with Gasteiger partial charge in [-0.2, -0.15) is 0 Å². The first-order valence-corrected chi connectivity index (χ1v) is 5.88. The molecule has 0 spiro atoms. The Morgan fingerprint density at radius 3 is 2.61 bits per heavy atom. The maximum absolute atomic E-state index is 5.60. The number of aromatic nitrogens is 2. The molecule has 2 aromatic carbocycles. The van der Waals surface area contributed by atoms with Crippen LogP contribution in [0.4, 0.5) is 0 Å². The number of hydrogen-bond donors (Lipinski definition) is 1. The lowest BCUT2D eigenvalue weighted by molar-refractivity contribution is 0.969. The molecule has 0 aliphatic carbocycles. The van der Waals surface area contributed by atoms with E-state index in [0.29, 0.717) is 6.54 Å². The molecule has 0 saturated carbocycles. The SMILES string of the molecule is NCc1ccnc(-c2ccc3ccccc3c2)n1. The van der Waals surface area contributed by atoms with Crippen molar-refractivity contribution in [1.82, 2.24) is 9.97 Å². The fourth-order valence-electron chi connectivity index (χ4n) is 1.98. The van der Waals surface area contributed by atoms with Gasteiger partial charge in [-0.3, -0.25) is 0 Å². The third kappa shape index (κ3) is 1.96. The van der Waals surface area contributed by atoms with Gasteiger partial charge in [0.15, 0.2) is 5.82 Å². The van der Waals surface area contributed by atoms with Gasteiger partial charge in [0.1, 0.15) is 0 Å². The Morgan fingerprint density at radius 1 is 0.944 bits per heavy atom. The fraction of sp³-hybridized carbons (Fsp3) is 0.0667. The van der Waals surface area contributed by atoms with Gasteiger partial charge in [-0.25, -0.2) is 9.97 Å². The molecule has 0 aliphatic rings. The number of benzene rings is 2. The molecule has 3 rings (SSSR count). The standard InChI is InChI=1S/C15H13N3/c16-10-14-7-8-17-15(18-14)13-6-5-11-3-1-2-4-12(11)9-13/h1-9H,10,16H2. The predicted molar refractivity (Wildman–Crippen MR) is 72.9 cm³/mol. The zero-order chi connectivity index (χ0) is 12.4. The fourth-order valence-corrected chi connectivity index (χ4v) is 1.98. The number of nitrogens with two attached hydrogens (primary N) is 1. The summed E-state index contributed by atoms with van der Waals surface area (Å²) in [5.41, 5.74) is 7.47. The molecular weight excluding hydrogens is 222 g/mol. The van der Waals surface area contributed by atoms with E-state index < -0.39 is 0 Å². The van der Waals surface area contributed by atoms with Crippen LogP contribution in [-0.4, -0.2) is 9.97 Å². The molecule has 0 atom stereocenters. The predicted octanol–water partition coefficient (Wildman–Crippen LogP) is 2.76. The largest absolute Gasteiger partial charge is 0.325 e. The zero-order valence-corrected chi connectivity index (χ0v) is 9.88. The average Bonchev–Trinajstić information content (AvgIpc) is 2.47. The van der Waals surface area contributed by atoms with Gasteiger partial charge < -0.3 is 5.73 Å². The van der Waals surface area contributed by atoms with E-state index in [1.165, 1.54) is 10.8 Å². The molecule has 0 amide bonds. The molecule has 0 radical (unpaired) electrons. The topological polar surface area (TPSA) is 51.8 Å². The van der Waals surface area contributed by atoms with E-state index in [9.17, 15) is 0 Å². The summed E-state index contributed by atoms with van der Waals surface area (Å²) in [6.07, 6.45) is 1.75. The van der Waals surface area contributed by atoms with Gasteiger partial charge in [0.05, 0.1) is 5.69 Å². The van der Waals surface area contributed by atoms with Crippen LogP contribution < -0.4 is 5.73 Å². The first-order valence-electron chi connectivity index (χ1n) is 5.88. The van der Waals surface area contributed by atoms with Gasteiger partial charge in [-0.05, 0) is 22.9 Å². The Kier molecular flexibility index (Phi) is 2.74. The molecule has 1 heterocycles. The first-order chi connectivity index (χ1) is 8.86. The van der Waals surface area contributed by atoms with Gasteiger partial charge in [0.25, 0.3) is 0 Å². The normalized spacial score (nSPS) is 10.7. The minimum atomic E-state index is 0.434. The van der Waals surface area contributed by atoms with Crippen LogP contribution in [-0.2, 0) is 6.54 Å². The average molecular weight is 235 g/mol. The van der Waals surface area contributed by atoms with Crippen molar-refractivity contribution >= 4 is 10.8 Å². The molecule has 3 heteroatoms. The lowest BCUT2D eigenvalue weighted by Crippen LogP contribution is -2.01. The third-order valence-electron chi connectivity index (χ3n) is 2.93. The van der Waals surface area contributed by atoms with Gasteiger partial charge in [0.2, 0.25) is 0 Å². The van der Waals surface area contributed by atoms with E-state index in [0.717, 1.165) is 17.1 Å². The number of rotatable bonds is 2. The molecule has 2 N–H and O–H groups in total. The molecule has 0 bridgehead atoms. The highest BCUT2D eigenvalue weighted by Gasteiger charge is 2.03. The second kappa shape index (κ2) is 4.55. The second-order valence-corrected chi connectivity index (χ2v) is 4.14. The summed E-state index contributed by atoms with van der Waals surface area (Å²) < 4.78 is 0. The molecule has 0 saturated heterocycles. The molecule has 3 nitrogen and oxygen atoms in total. The van der Waals surface area contributed by atoms with E-state index in [1.54, 1.807) is 6.20 Å². The lowest BCUT2D eigenvalue weighted by atomic mass is 10.1. The molecule has 88 valence electrons. The van der Waals surface area contributed by atoms with Crippen molar-refractivity contribution in [2.24, 2.45) is 5.73 Å². The highest BCUT2D eigenvalue weighted by Crippen LogP contribution is 2.21. The second-order valence-electron chi connectivity index (χ2n) is 4.14. The summed E-state index contributed by atoms with van der Waals surface area (Å²) in [6, 6.07) is 16.3. The quantitative estimate of drug-likeness (QED) is 0.743. The summed E-state index contributed by atoms with van der Waals surface area (Å²) >= 11 is 0. The van der Waals surface area contributed by atoms with Crippen LogP contribution in [0, 0.1) is 0 Å². The smallest absolute Gasteiger partial charge is 0.159 e. The Bertz CT molecular complexity index is 692. The lowest BCUT2D eigenvalue weighted by Gasteiger charge is -2.04. The Morgan fingerprint density at radius 2 is 1.78 bits per heavy atom. The van der Waals surface area contributed by atoms with E-state index in [2.05, 4.69) is 34.2 Å². The minimum Gasteiger partial charge on any atom is -0.325 e. The Labute approximate surface area is 105 Å². The van der Waals surface area contributed by atoms with E-state index >= 15 is 0 Å². The van der Waals surface area contributed by atoms with Crippen molar-refractivity contribution in [3.8, 4) is 11.4 Å². The van der Waals surface area contributed by atoms with Crippen LogP contribution in [0.1, 0.15) is 5.69 Å². The summed E-state index contributed by atoms with van der Waals surface area (Å²) in [7, 11) is 0. The van der Waals surface area contributed by atoms with Crippen LogP contribution in [0.15, 0.2) is 54.7 Å². The van der Waals surface area contributed by atoms with Gasteiger partial charge in [0, 0.05) is 18.3 Å². The van der Waals surface area contributed by atoms with E-state index in [1.807, 2.05) is 24.3 Å². The highest BCUT2D eigenvalue weighted by atomic mass is 14.9. The molecule has 0 fully saturated rings. The van der Waals surface area contributed by atoms with Crippen molar-refractivity contribution < 1.29 is 0 Å². The molecule has 0 unspecified atom stereocenters. The maximum Gasteiger partial charge on any atom is 0.159 e. The number of hydrogen-bond acceptors (Lipinski definition) is 3. The third-order valence-corrected chi connectivity index (χ3v) is 2.93. The van der Waals surface area contributed by atoms with Gasteiger partial charge in [-0.15, -0.1) is 0 Å². The van der Waals surface area contributed by atoms with Crippen molar-refractivity contribution in [2.45, 2.75) is 6.54 Å². The Balaban J connectivity index is 2.13. The van der Waals surface area contributed by atoms with Gasteiger partial charge in [-0.1, -0.05) is 36.4 Å². The van der Waals surface area contributed by atoms with Crippen molar-refractivity contribution in [1.29, 1.82) is 0 Å². The summed E-state index contributed by atoms with van der Waals surface area (Å²) in [6.45, 7) is 0.434. The van der Waals surface area contributed by atoms with Crippen LogP contribution in [0.3, 0.4) is 0 Å². The molecule has 18 heavy (non-hydrogen) atoms. The van der Waals surface area contributed by atoms with Gasteiger partial charge >= 0.3 is 0 Å². The van der Waals surface area contributed by atoms with Crippen molar-refractivity contribution in [2.75, 3.05) is 0 Å². The first kappa shape index (κ1) is 10.9. The molecule has 1 aromatic heterocycles. The molecular formula is C15H13N3. The van der Waals surface area contributed by atoms with Crippen LogP contribution >= 0.6 is 0 Å². The van der Waals surface area contributed by atoms with Crippen LogP contribution in [0.2, 0.25) is 0 Å². The highest BCUT2D eigenvalue weighted by molar-refractivity contribution is 5.86. The van der Waals surface area contributed by atoms with Crippen LogP contribution in [0.5, 0.6) is 0 Å². The monoisotopic (exact) mass is 235 g/mol. The Hall–Kier alpha value is -2.26. The number of nitrogens with zero attached hydrogens (tertiary/aromatic N) is 2.